The minimum absolute atomic E-state index is 0.129. The van der Waals surface area contributed by atoms with Gasteiger partial charge in [-0.05, 0) is 18.4 Å². The fourth-order valence-corrected chi connectivity index (χ4v) is 2.41. The van der Waals surface area contributed by atoms with E-state index >= 15 is 0 Å². The Morgan fingerprint density at radius 1 is 1.38 bits per heavy atom. The van der Waals surface area contributed by atoms with E-state index in [-0.39, 0.29) is 11.9 Å². The summed E-state index contributed by atoms with van der Waals surface area (Å²) < 4.78 is 0. The van der Waals surface area contributed by atoms with Crippen LogP contribution in [0.5, 0.6) is 0 Å². The van der Waals surface area contributed by atoms with Crippen LogP contribution in [-0.2, 0) is 4.79 Å². The van der Waals surface area contributed by atoms with Crippen molar-refractivity contribution in [1.82, 2.24) is 5.32 Å². The number of nitrogens with one attached hydrogen (secondary N) is 1. The van der Waals surface area contributed by atoms with E-state index in [9.17, 15) is 4.79 Å². The molecule has 1 aliphatic heterocycles. The molecule has 1 amide bonds. The first kappa shape index (κ1) is 9.85. The molecule has 1 aliphatic carbocycles. The number of carbonyl (C=O) groups is 1. The maximum atomic E-state index is 12.1. The largest absolute Gasteiger partial charge is 0.313 e. The normalized spacial score (nSPS) is 31.8. The molecule has 0 aromatic heterocycles. The van der Waals surface area contributed by atoms with Crippen LogP contribution in [0.1, 0.15) is 24.9 Å². The molecule has 1 heterocycles. The number of fused-ring (bicyclic) bond motifs is 1. The molecule has 0 spiro atoms. The number of carbonyl (C=O) groups excluding carboxylic acids is 1. The summed E-state index contributed by atoms with van der Waals surface area (Å²) in [7, 11) is 1.85. The van der Waals surface area contributed by atoms with Gasteiger partial charge in [0.1, 0.15) is 6.04 Å². The SMILES string of the molecule is CC1CC1NC1C(=O)N(C)c2ccccc21. The number of rotatable bonds is 2. The number of hydrogen-bond donors (Lipinski definition) is 1. The third-order valence-corrected chi connectivity index (χ3v) is 3.68. The van der Waals surface area contributed by atoms with Crippen LogP contribution in [0, 0.1) is 5.92 Å². The van der Waals surface area contributed by atoms with Crippen molar-refractivity contribution in [1.29, 1.82) is 0 Å². The summed E-state index contributed by atoms with van der Waals surface area (Å²) in [5.74, 6) is 0.881. The van der Waals surface area contributed by atoms with E-state index < -0.39 is 0 Å². The van der Waals surface area contributed by atoms with E-state index in [1.165, 1.54) is 6.42 Å². The van der Waals surface area contributed by atoms with Crippen molar-refractivity contribution in [2.24, 2.45) is 5.92 Å². The third-order valence-electron chi connectivity index (χ3n) is 3.68. The van der Waals surface area contributed by atoms with Gasteiger partial charge in [0.05, 0.1) is 0 Å². The minimum atomic E-state index is -0.129. The highest BCUT2D eigenvalue weighted by Crippen LogP contribution is 2.38. The zero-order valence-electron chi connectivity index (χ0n) is 9.60. The van der Waals surface area contributed by atoms with Crippen molar-refractivity contribution in [3.63, 3.8) is 0 Å². The summed E-state index contributed by atoms with van der Waals surface area (Å²) in [6.07, 6.45) is 1.19. The monoisotopic (exact) mass is 216 g/mol. The Balaban J connectivity index is 1.91. The molecule has 84 valence electrons. The van der Waals surface area contributed by atoms with Crippen LogP contribution in [0.2, 0.25) is 0 Å². The van der Waals surface area contributed by atoms with Gasteiger partial charge in [0, 0.05) is 24.3 Å². The van der Waals surface area contributed by atoms with Gasteiger partial charge in [0.15, 0.2) is 0 Å². The Morgan fingerprint density at radius 3 is 2.75 bits per heavy atom. The number of benzene rings is 1. The number of hydrogen-bond acceptors (Lipinski definition) is 2. The highest BCUT2D eigenvalue weighted by atomic mass is 16.2. The van der Waals surface area contributed by atoms with Crippen LogP contribution in [0.25, 0.3) is 0 Å². The summed E-state index contributed by atoms with van der Waals surface area (Å²) in [5.41, 5.74) is 2.16. The summed E-state index contributed by atoms with van der Waals surface area (Å²) in [4.78, 5) is 13.8. The molecule has 3 nitrogen and oxygen atoms in total. The van der Waals surface area contributed by atoms with Gasteiger partial charge in [0.2, 0.25) is 5.91 Å². The molecule has 1 fully saturated rings. The Labute approximate surface area is 95.4 Å². The molecule has 16 heavy (non-hydrogen) atoms. The number of amides is 1. The first-order valence-corrected chi connectivity index (χ1v) is 5.81. The summed E-state index contributed by atoms with van der Waals surface area (Å²) >= 11 is 0. The van der Waals surface area contributed by atoms with Gasteiger partial charge in [-0.25, -0.2) is 0 Å². The third kappa shape index (κ3) is 1.35. The van der Waals surface area contributed by atoms with Gasteiger partial charge in [-0.1, -0.05) is 25.1 Å². The molecule has 0 saturated heterocycles. The number of likely N-dealkylation sites (N-methyl/N-ethyl adjacent to an activating group) is 1. The molecule has 0 bridgehead atoms. The van der Waals surface area contributed by atoms with Crippen LogP contribution in [0.4, 0.5) is 5.69 Å². The lowest BCUT2D eigenvalue weighted by molar-refractivity contribution is -0.119. The first-order chi connectivity index (χ1) is 7.68. The molecule has 0 radical (unpaired) electrons. The van der Waals surface area contributed by atoms with Gasteiger partial charge in [-0.2, -0.15) is 0 Å². The summed E-state index contributed by atoms with van der Waals surface area (Å²) in [5, 5.41) is 3.45. The highest BCUT2D eigenvalue weighted by Gasteiger charge is 2.41. The van der Waals surface area contributed by atoms with E-state index in [1.54, 1.807) is 4.90 Å². The maximum absolute atomic E-state index is 12.1. The predicted octanol–water partition coefficient (Wildman–Crippen LogP) is 1.70. The van der Waals surface area contributed by atoms with Gasteiger partial charge in [-0.15, -0.1) is 0 Å². The Morgan fingerprint density at radius 2 is 2.06 bits per heavy atom. The Kier molecular flexibility index (Phi) is 2.04. The zero-order valence-corrected chi connectivity index (χ0v) is 9.60. The topological polar surface area (TPSA) is 32.3 Å². The van der Waals surface area contributed by atoms with Gasteiger partial charge in [0.25, 0.3) is 0 Å². The number of nitrogens with zero attached hydrogens (tertiary/aromatic N) is 1. The van der Waals surface area contributed by atoms with Crippen LogP contribution in [0.15, 0.2) is 24.3 Å². The number of anilines is 1. The van der Waals surface area contributed by atoms with Crippen LogP contribution < -0.4 is 10.2 Å². The van der Waals surface area contributed by atoms with E-state index in [1.807, 2.05) is 31.3 Å². The van der Waals surface area contributed by atoms with Gasteiger partial charge < -0.3 is 4.90 Å². The van der Waals surface area contributed by atoms with Crippen molar-refractivity contribution in [2.75, 3.05) is 11.9 Å². The molecule has 3 rings (SSSR count). The van der Waals surface area contributed by atoms with Crippen molar-refractivity contribution in [2.45, 2.75) is 25.4 Å². The average Bonchev–Trinajstić information content (AvgIpc) is 2.94. The Bertz CT molecular complexity index is 443. The molecule has 1 N–H and O–H groups in total. The Hall–Kier alpha value is -1.35. The molecule has 1 aromatic carbocycles. The lowest BCUT2D eigenvalue weighted by Crippen LogP contribution is -2.33. The molecular weight excluding hydrogens is 200 g/mol. The van der Waals surface area contributed by atoms with Crippen molar-refractivity contribution in [3.8, 4) is 0 Å². The second-order valence-electron chi connectivity index (χ2n) is 4.88. The van der Waals surface area contributed by atoms with E-state index in [0.29, 0.717) is 12.0 Å². The predicted molar refractivity (Wildman–Crippen MR) is 63.3 cm³/mol. The molecule has 3 atom stereocenters. The fraction of sp³-hybridized carbons (Fsp3) is 0.462. The van der Waals surface area contributed by atoms with Crippen molar-refractivity contribution >= 4 is 11.6 Å². The second kappa shape index (κ2) is 3.32. The fourth-order valence-electron chi connectivity index (χ4n) is 2.41. The molecule has 1 saturated carbocycles. The molecule has 3 unspecified atom stereocenters. The lowest BCUT2D eigenvalue weighted by atomic mass is 10.1. The second-order valence-corrected chi connectivity index (χ2v) is 4.88. The molecule has 2 aliphatic rings. The summed E-state index contributed by atoms with van der Waals surface area (Å²) in [6, 6.07) is 8.41. The van der Waals surface area contributed by atoms with Gasteiger partial charge in [-0.3, -0.25) is 10.1 Å². The van der Waals surface area contributed by atoms with Crippen molar-refractivity contribution < 1.29 is 4.79 Å². The van der Waals surface area contributed by atoms with Crippen LogP contribution in [-0.4, -0.2) is 19.0 Å². The molecular formula is C13H16N2O. The number of para-hydroxylation sites is 1. The smallest absolute Gasteiger partial charge is 0.248 e. The van der Waals surface area contributed by atoms with Gasteiger partial charge >= 0.3 is 0 Å². The van der Waals surface area contributed by atoms with Crippen LogP contribution in [0.3, 0.4) is 0 Å². The first-order valence-electron chi connectivity index (χ1n) is 5.81. The van der Waals surface area contributed by atoms with Crippen molar-refractivity contribution in [3.05, 3.63) is 29.8 Å². The molecule has 3 heteroatoms. The highest BCUT2D eigenvalue weighted by molar-refractivity contribution is 6.04. The quantitative estimate of drug-likeness (QED) is 0.816. The van der Waals surface area contributed by atoms with E-state index in [0.717, 1.165) is 11.3 Å². The standard InChI is InChI=1S/C13H16N2O/c1-8-7-10(8)14-12-9-5-3-4-6-11(9)15(2)13(12)16/h3-6,8,10,12,14H,7H2,1-2H3. The average molecular weight is 216 g/mol. The van der Waals surface area contributed by atoms with E-state index in [2.05, 4.69) is 12.2 Å². The zero-order chi connectivity index (χ0) is 11.3. The lowest BCUT2D eigenvalue weighted by Gasteiger charge is -2.12. The minimum Gasteiger partial charge on any atom is -0.313 e. The summed E-state index contributed by atoms with van der Waals surface area (Å²) in [6.45, 7) is 2.21. The van der Waals surface area contributed by atoms with E-state index in [4.69, 9.17) is 0 Å². The maximum Gasteiger partial charge on any atom is 0.248 e. The molecule has 1 aromatic rings. The van der Waals surface area contributed by atoms with Crippen LogP contribution >= 0.6 is 0 Å².